The van der Waals surface area contributed by atoms with Crippen LogP contribution in [0.2, 0.25) is 0 Å². The molecule has 0 atom stereocenters. The van der Waals surface area contributed by atoms with Gasteiger partial charge in [-0.1, -0.05) is 12.1 Å². The van der Waals surface area contributed by atoms with E-state index in [1.165, 1.54) is 19.3 Å². The molecular formula is C16H26N2O2. The van der Waals surface area contributed by atoms with Crippen molar-refractivity contribution in [3.05, 3.63) is 24.3 Å². The first-order valence-electron chi connectivity index (χ1n) is 7.32. The molecular weight excluding hydrogens is 252 g/mol. The van der Waals surface area contributed by atoms with E-state index in [1.807, 2.05) is 24.3 Å². The Balaban J connectivity index is 1.69. The van der Waals surface area contributed by atoms with Crippen LogP contribution >= 0.6 is 0 Å². The van der Waals surface area contributed by atoms with Gasteiger partial charge in [-0.25, -0.2) is 0 Å². The van der Waals surface area contributed by atoms with Gasteiger partial charge in [-0.15, -0.1) is 0 Å². The van der Waals surface area contributed by atoms with Crippen molar-refractivity contribution >= 4 is 0 Å². The van der Waals surface area contributed by atoms with Gasteiger partial charge in [-0.3, -0.25) is 0 Å². The van der Waals surface area contributed by atoms with E-state index in [0.717, 1.165) is 24.6 Å². The fourth-order valence-corrected chi connectivity index (χ4v) is 2.66. The smallest absolute Gasteiger partial charge is 0.161 e. The molecule has 0 spiro atoms. The second-order valence-corrected chi connectivity index (χ2v) is 5.65. The van der Waals surface area contributed by atoms with Crippen LogP contribution in [0.1, 0.15) is 19.3 Å². The highest BCUT2D eigenvalue weighted by atomic mass is 16.5. The number of ether oxygens (including phenoxy) is 2. The van der Waals surface area contributed by atoms with Gasteiger partial charge in [0.15, 0.2) is 11.5 Å². The first-order chi connectivity index (χ1) is 9.68. The molecule has 1 aliphatic rings. The van der Waals surface area contributed by atoms with E-state index in [0.29, 0.717) is 12.1 Å². The molecule has 112 valence electrons. The Morgan fingerprint density at radius 2 is 1.90 bits per heavy atom. The SMILES string of the molecule is COc1ccccc1OCCNCC1(N(C)C)CCC1. The summed E-state index contributed by atoms with van der Waals surface area (Å²) in [4.78, 5) is 2.35. The number of benzene rings is 1. The van der Waals surface area contributed by atoms with Crippen molar-refractivity contribution in [1.29, 1.82) is 0 Å². The molecule has 1 saturated carbocycles. The van der Waals surface area contributed by atoms with Gasteiger partial charge in [-0.05, 0) is 45.5 Å². The van der Waals surface area contributed by atoms with Gasteiger partial charge in [0.2, 0.25) is 0 Å². The zero-order valence-corrected chi connectivity index (χ0v) is 12.8. The molecule has 4 heteroatoms. The summed E-state index contributed by atoms with van der Waals surface area (Å²) in [7, 11) is 6.01. The Morgan fingerprint density at radius 1 is 1.20 bits per heavy atom. The number of hydrogen-bond acceptors (Lipinski definition) is 4. The van der Waals surface area contributed by atoms with E-state index in [4.69, 9.17) is 9.47 Å². The van der Waals surface area contributed by atoms with Crippen molar-refractivity contribution in [3.63, 3.8) is 0 Å². The fraction of sp³-hybridized carbons (Fsp3) is 0.625. The van der Waals surface area contributed by atoms with E-state index >= 15 is 0 Å². The van der Waals surface area contributed by atoms with E-state index in [-0.39, 0.29) is 0 Å². The van der Waals surface area contributed by atoms with Crippen molar-refractivity contribution < 1.29 is 9.47 Å². The van der Waals surface area contributed by atoms with Crippen LogP contribution in [-0.2, 0) is 0 Å². The average Bonchev–Trinajstić information content (AvgIpc) is 2.40. The van der Waals surface area contributed by atoms with Crippen LogP contribution in [0.3, 0.4) is 0 Å². The molecule has 1 aliphatic carbocycles. The van der Waals surface area contributed by atoms with E-state index < -0.39 is 0 Å². The van der Waals surface area contributed by atoms with Crippen LogP contribution in [0.5, 0.6) is 11.5 Å². The van der Waals surface area contributed by atoms with E-state index in [9.17, 15) is 0 Å². The second-order valence-electron chi connectivity index (χ2n) is 5.65. The largest absolute Gasteiger partial charge is 0.493 e. The van der Waals surface area contributed by atoms with Gasteiger partial charge >= 0.3 is 0 Å². The van der Waals surface area contributed by atoms with Crippen LogP contribution in [0.15, 0.2) is 24.3 Å². The van der Waals surface area contributed by atoms with Gasteiger partial charge in [-0.2, -0.15) is 0 Å². The summed E-state index contributed by atoms with van der Waals surface area (Å²) in [5.41, 5.74) is 0.366. The Labute approximate surface area is 122 Å². The maximum atomic E-state index is 5.75. The minimum Gasteiger partial charge on any atom is -0.493 e. The quantitative estimate of drug-likeness (QED) is 0.739. The molecule has 0 amide bonds. The summed E-state index contributed by atoms with van der Waals surface area (Å²) in [6.07, 6.45) is 3.93. The Hall–Kier alpha value is -1.26. The maximum absolute atomic E-state index is 5.75. The number of likely N-dealkylation sites (N-methyl/N-ethyl adjacent to an activating group) is 1. The van der Waals surface area contributed by atoms with Crippen LogP contribution in [0.25, 0.3) is 0 Å². The molecule has 0 heterocycles. The summed E-state index contributed by atoms with van der Waals surface area (Å²) in [6.45, 7) is 2.55. The van der Waals surface area contributed by atoms with Gasteiger partial charge in [0.1, 0.15) is 6.61 Å². The molecule has 1 N–H and O–H groups in total. The zero-order valence-electron chi connectivity index (χ0n) is 12.8. The van der Waals surface area contributed by atoms with Crippen LogP contribution < -0.4 is 14.8 Å². The highest BCUT2D eigenvalue weighted by Gasteiger charge is 2.38. The minimum atomic E-state index is 0.366. The molecule has 0 unspecified atom stereocenters. The van der Waals surface area contributed by atoms with Crippen LogP contribution in [0.4, 0.5) is 0 Å². The summed E-state index contributed by atoms with van der Waals surface area (Å²) >= 11 is 0. The lowest BCUT2D eigenvalue weighted by atomic mass is 9.75. The number of nitrogens with zero attached hydrogens (tertiary/aromatic N) is 1. The lowest BCUT2D eigenvalue weighted by molar-refractivity contribution is 0.0593. The molecule has 4 nitrogen and oxygen atoms in total. The summed E-state index contributed by atoms with van der Waals surface area (Å²) < 4.78 is 11.0. The molecule has 1 aromatic carbocycles. The highest BCUT2D eigenvalue weighted by molar-refractivity contribution is 5.39. The van der Waals surface area contributed by atoms with Gasteiger partial charge in [0.25, 0.3) is 0 Å². The van der Waals surface area contributed by atoms with Crippen LogP contribution in [0, 0.1) is 0 Å². The van der Waals surface area contributed by atoms with E-state index in [1.54, 1.807) is 7.11 Å². The predicted octanol–water partition coefficient (Wildman–Crippen LogP) is 2.15. The number of para-hydroxylation sites is 2. The molecule has 1 fully saturated rings. The summed E-state index contributed by atoms with van der Waals surface area (Å²) in [6, 6.07) is 7.76. The number of hydrogen-bond donors (Lipinski definition) is 1. The monoisotopic (exact) mass is 278 g/mol. The lowest BCUT2D eigenvalue weighted by Crippen LogP contribution is -2.56. The standard InChI is InChI=1S/C16H26N2O2/c1-18(2)16(9-6-10-16)13-17-11-12-20-15-8-5-4-7-14(15)19-3/h4-5,7-8,17H,6,9-13H2,1-3H3. The minimum absolute atomic E-state index is 0.366. The van der Waals surface area contributed by atoms with Crippen molar-refractivity contribution in [2.45, 2.75) is 24.8 Å². The van der Waals surface area contributed by atoms with Crippen molar-refractivity contribution in [2.24, 2.45) is 0 Å². The summed E-state index contributed by atoms with van der Waals surface area (Å²) in [5.74, 6) is 1.60. The number of methoxy groups -OCH3 is 1. The fourth-order valence-electron chi connectivity index (χ4n) is 2.66. The third-order valence-corrected chi connectivity index (χ3v) is 4.29. The molecule has 2 rings (SSSR count). The second kappa shape index (κ2) is 6.95. The molecule has 0 radical (unpaired) electrons. The highest BCUT2D eigenvalue weighted by Crippen LogP contribution is 2.35. The Bertz CT molecular complexity index is 417. The number of rotatable bonds is 8. The Morgan fingerprint density at radius 3 is 2.45 bits per heavy atom. The average molecular weight is 278 g/mol. The first kappa shape index (κ1) is 15.1. The number of nitrogens with one attached hydrogen (secondary N) is 1. The molecule has 0 saturated heterocycles. The van der Waals surface area contributed by atoms with Crippen LogP contribution in [-0.4, -0.2) is 51.3 Å². The van der Waals surface area contributed by atoms with E-state index in [2.05, 4.69) is 24.3 Å². The third kappa shape index (κ3) is 3.44. The van der Waals surface area contributed by atoms with Gasteiger partial charge in [0.05, 0.1) is 7.11 Å². The van der Waals surface area contributed by atoms with Crippen molar-refractivity contribution in [2.75, 3.05) is 40.9 Å². The predicted molar refractivity (Wildman–Crippen MR) is 81.6 cm³/mol. The van der Waals surface area contributed by atoms with Crippen molar-refractivity contribution in [3.8, 4) is 11.5 Å². The maximum Gasteiger partial charge on any atom is 0.161 e. The summed E-state index contributed by atoms with van der Waals surface area (Å²) in [5, 5.41) is 3.51. The van der Waals surface area contributed by atoms with Gasteiger partial charge in [0, 0.05) is 18.6 Å². The normalized spacial score (nSPS) is 16.8. The molecule has 0 aromatic heterocycles. The first-order valence-corrected chi connectivity index (χ1v) is 7.32. The van der Waals surface area contributed by atoms with Crippen molar-refractivity contribution in [1.82, 2.24) is 10.2 Å². The zero-order chi connectivity index (χ0) is 14.4. The molecule has 1 aromatic rings. The molecule has 0 bridgehead atoms. The molecule has 20 heavy (non-hydrogen) atoms. The lowest BCUT2D eigenvalue weighted by Gasteiger charge is -2.47. The van der Waals surface area contributed by atoms with Gasteiger partial charge < -0.3 is 19.7 Å². The Kier molecular flexibility index (Phi) is 5.26. The topological polar surface area (TPSA) is 33.7 Å². The molecule has 0 aliphatic heterocycles. The third-order valence-electron chi connectivity index (χ3n) is 4.29.